The van der Waals surface area contributed by atoms with Gasteiger partial charge in [0.2, 0.25) is 5.91 Å². The fourth-order valence-corrected chi connectivity index (χ4v) is 4.76. The highest BCUT2D eigenvalue weighted by molar-refractivity contribution is 5.98. The van der Waals surface area contributed by atoms with Crippen molar-refractivity contribution in [2.45, 2.75) is 25.4 Å². The molecule has 0 aliphatic heterocycles. The molecule has 43 heavy (non-hydrogen) atoms. The van der Waals surface area contributed by atoms with E-state index in [1.165, 1.54) is 0 Å². The summed E-state index contributed by atoms with van der Waals surface area (Å²) in [5.74, 6) is 0.982. The smallest absolute Gasteiger partial charge is 0.251 e. The number of benzene rings is 3. The molecule has 0 spiro atoms. The largest absolute Gasteiger partial charge is 0.457 e. The van der Waals surface area contributed by atoms with Crippen LogP contribution in [0.4, 0.5) is 0 Å². The van der Waals surface area contributed by atoms with Gasteiger partial charge in [0.05, 0.1) is 11.0 Å². The van der Waals surface area contributed by atoms with Crippen LogP contribution in [-0.4, -0.2) is 38.9 Å². The van der Waals surface area contributed by atoms with Gasteiger partial charge in [-0.05, 0) is 66.9 Å². The number of primary amides is 1. The van der Waals surface area contributed by atoms with E-state index in [0.717, 1.165) is 5.56 Å². The van der Waals surface area contributed by atoms with Crippen LogP contribution in [0.25, 0.3) is 22.4 Å². The van der Waals surface area contributed by atoms with Crippen LogP contribution in [0.5, 0.6) is 11.5 Å². The molecule has 2 aromatic heterocycles. The molecule has 1 atom stereocenters. The molecule has 0 saturated carbocycles. The number of para-hydroxylation sites is 1. The van der Waals surface area contributed by atoms with Gasteiger partial charge < -0.3 is 31.8 Å². The number of nitrogens with zero attached hydrogens (tertiary/aromatic N) is 4. The summed E-state index contributed by atoms with van der Waals surface area (Å²) in [5, 5.41) is 2.91. The van der Waals surface area contributed by atoms with Crippen LogP contribution < -0.4 is 27.3 Å². The van der Waals surface area contributed by atoms with Crippen molar-refractivity contribution < 1.29 is 14.3 Å². The number of nitrogens with two attached hydrogens (primary N) is 3. The lowest BCUT2D eigenvalue weighted by atomic mass is 10.1. The average Bonchev–Trinajstić information content (AvgIpc) is 3.39. The van der Waals surface area contributed by atoms with Gasteiger partial charge in [0.25, 0.3) is 5.91 Å². The molecule has 0 fully saturated rings. The molecular weight excluding hydrogens is 544 g/mol. The summed E-state index contributed by atoms with van der Waals surface area (Å²) in [4.78, 5) is 38.9. The molecule has 3 aromatic carbocycles. The van der Waals surface area contributed by atoms with Crippen molar-refractivity contribution in [3.8, 4) is 22.9 Å². The topological polar surface area (TPSA) is 177 Å². The standard InChI is InChI=1S/C32H32N8O3/c33-29(41)28(12-6-16-37-32(34)35)40-27-14-13-23(31(42)38-20-21-7-5-15-36-19-21)18-26(27)39-30(40)22-8-4-11-25(17-22)43-24-9-2-1-3-10-24/h1-5,7-11,13-15,17-19,28H,6,12,16,20H2,(H2,33,41)(H,38,42)(H4,34,35,37)/t28-/m1/s1. The minimum absolute atomic E-state index is 0.0195. The van der Waals surface area contributed by atoms with Gasteiger partial charge in [-0.25, -0.2) is 4.98 Å². The van der Waals surface area contributed by atoms with Crippen molar-refractivity contribution >= 4 is 28.8 Å². The number of guanidine groups is 1. The highest BCUT2D eigenvalue weighted by Crippen LogP contribution is 2.33. The van der Waals surface area contributed by atoms with Gasteiger partial charge in [-0.15, -0.1) is 0 Å². The summed E-state index contributed by atoms with van der Waals surface area (Å²) < 4.78 is 7.87. The van der Waals surface area contributed by atoms with Gasteiger partial charge in [-0.3, -0.25) is 19.6 Å². The molecule has 0 aliphatic carbocycles. The van der Waals surface area contributed by atoms with Crippen molar-refractivity contribution in [3.63, 3.8) is 0 Å². The maximum Gasteiger partial charge on any atom is 0.251 e. The molecule has 0 bridgehead atoms. The summed E-state index contributed by atoms with van der Waals surface area (Å²) >= 11 is 0. The van der Waals surface area contributed by atoms with Gasteiger partial charge in [0.15, 0.2) is 5.96 Å². The molecule has 11 heteroatoms. The second-order valence-electron chi connectivity index (χ2n) is 9.86. The van der Waals surface area contributed by atoms with Crippen LogP contribution in [-0.2, 0) is 11.3 Å². The first-order valence-electron chi connectivity index (χ1n) is 13.8. The number of rotatable bonds is 12. The summed E-state index contributed by atoms with van der Waals surface area (Å²) in [7, 11) is 0. The van der Waals surface area contributed by atoms with Crippen LogP contribution in [0.1, 0.15) is 34.8 Å². The lowest BCUT2D eigenvalue weighted by Gasteiger charge is -2.19. The van der Waals surface area contributed by atoms with Gasteiger partial charge in [0.1, 0.15) is 23.4 Å². The van der Waals surface area contributed by atoms with E-state index in [1.807, 2.05) is 71.3 Å². The van der Waals surface area contributed by atoms with Crippen molar-refractivity contribution in [1.82, 2.24) is 19.9 Å². The second kappa shape index (κ2) is 13.3. The maximum absolute atomic E-state index is 13.0. The monoisotopic (exact) mass is 576 g/mol. The first-order valence-corrected chi connectivity index (χ1v) is 13.8. The number of aromatic nitrogens is 3. The third kappa shape index (κ3) is 7.14. The van der Waals surface area contributed by atoms with Crippen molar-refractivity contribution in [1.29, 1.82) is 0 Å². The minimum atomic E-state index is -0.752. The Balaban J connectivity index is 1.52. The molecule has 7 N–H and O–H groups in total. The van der Waals surface area contributed by atoms with E-state index in [9.17, 15) is 9.59 Å². The Hall–Kier alpha value is -5.71. The number of hydrogen-bond acceptors (Lipinski definition) is 6. The number of amides is 2. The molecule has 0 saturated heterocycles. The zero-order valence-electron chi connectivity index (χ0n) is 23.4. The number of hydrogen-bond donors (Lipinski definition) is 4. The molecule has 2 heterocycles. The maximum atomic E-state index is 13.0. The lowest BCUT2D eigenvalue weighted by molar-refractivity contribution is -0.121. The number of fused-ring (bicyclic) bond motifs is 1. The first kappa shape index (κ1) is 28.8. The Kier molecular flexibility index (Phi) is 8.91. The van der Waals surface area contributed by atoms with Crippen LogP contribution in [0.3, 0.4) is 0 Å². The zero-order valence-corrected chi connectivity index (χ0v) is 23.4. The summed E-state index contributed by atoms with van der Waals surface area (Å²) in [6.07, 6.45) is 4.26. The van der Waals surface area contributed by atoms with E-state index in [1.54, 1.807) is 30.6 Å². The van der Waals surface area contributed by atoms with Crippen LogP contribution >= 0.6 is 0 Å². The fraction of sp³-hybridized carbons (Fsp3) is 0.156. The number of carbonyl (C=O) groups is 2. The van der Waals surface area contributed by atoms with Crippen LogP contribution in [0.15, 0.2) is 102 Å². The normalized spacial score (nSPS) is 11.5. The van der Waals surface area contributed by atoms with Gasteiger partial charge in [-0.1, -0.05) is 36.4 Å². The molecule has 5 aromatic rings. The highest BCUT2D eigenvalue weighted by Gasteiger charge is 2.25. The Labute approximate surface area is 248 Å². The van der Waals surface area contributed by atoms with E-state index in [0.29, 0.717) is 65.4 Å². The lowest BCUT2D eigenvalue weighted by Crippen LogP contribution is -2.27. The SMILES string of the molecule is NC(=O)[C@@H](CCCN=C(N)N)n1c(-c2cccc(Oc3ccccc3)c2)nc2cc(C(=O)NCc3cccnc3)ccc21. The number of ether oxygens (including phenoxy) is 1. The molecule has 11 nitrogen and oxygen atoms in total. The number of imidazole rings is 1. The minimum Gasteiger partial charge on any atom is -0.457 e. The van der Waals surface area contributed by atoms with E-state index < -0.39 is 11.9 Å². The van der Waals surface area contributed by atoms with E-state index in [4.69, 9.17) is 26.9 Å². The fourth-order valence-electron chi connectivity index (χ4n) is 4.76. The molecule has 5 rings (SSSR count). The highest BCUT2D eigenvalue weighted by atomic mass is 16.5. The number of aliphatic imine (C=N–C) groups is 1. The molecule has 0 aliphatic rings. The quantitative estimate of drug-likeness (QED) is 0.0988. The third-order valence-corrected chi connectivity index (χ3v) is 6.77. The van der Waals surface area contributed by atoms with Gasteiger partial charge in [0, 0.05) is 36.6 Å². The van der Waals surface area contributed by atoms with E-state index in [-0.39, 0.29) is 11.9 Å². The summed E-state index contributed by atoms with van der Waals surface area (Å²) in [5.41, 5.74) is 20.1. The predicted octanol–water partition coefficient (Wildman–Crippen LogP) is 3.90. The second-order valence-corrected chi connectivity index (χ2v) is 9.86. The van der Waals surface area contributed by atoms with Crippen molar-refractivity contribution in [3.05, 3.63) is 108 Å². The summed E-state index contributed by atoms with van der Waals surface area (Å²) in [6.45, 7) is 0.674. The van der Waals surface area contributed by atoms with Crippen LogP contribution in [0.2, 0.25) is 0 Å². The average molecular weight is 577 g/mol. The number of nitrogens with one attached hydrogen (secondary N) is 1. The van der Waals surface area contributed by atoms with Crippen molar-refractivity contribution in [2.24, 2.45) is 22.2 Å². The number of carbonyl (C=O) groups excluding carboxylic acids is 2. The molecular formula is C32H32N8O3. The number of pyridine rings is 1. The van der Waals surface area contributed by atoms with Gasteiger partial charge >= 0.3 is 0 Å². The van der Waals surface area contributed by atoms with Crippen LogP contribution in [0, 0.1) is 0 Å². The Morgan fingerprint density at radius 2 is 1.74 bits per heavy atom. The van der Waals surface area contributed by atoms with Gasteiger partial charge in [-0.2, -0.15) is 0 Å². The van der Waals surface area contributed by atoms with Crippen molar-refractivity contribution in [2.75, 3.05) is 6.54 Å². The Bertz CT molecular complexity index is 1750. The predicted molar refractivity (Wildman–Crippen MR) is 165 cm³/mol. The molecule has 2 amide bonds. The molecule has 0 radical (unpaired) electrons. The first-order chi connectivity index (χ1) is 20.9. The Morgan fingerprint density at radius 1 is 0.930 bits per heavy atom. The zero-order chi connectivity index (χ0) is 30.2. The molecule has 0 unspecified atom stereocenters. The van der Waals surface area contributed by atoms with E-state index >= 15 is 0 Å². The Morgan fingerprint density at radius 3 is 2.49 bits per heavy atom. The van der Waals surface area contributed by atoms with E-state index in [2.05, 4.69) is 15.3 Å². The third-order valence-electron chi connectivity index (χ3n) is 6.77. The molecule has 218 valence electrons. The summed E-state index contributed by atoms with van der Waals surface area (Å²) in [6, 6.07) is 25.0.